The van der Waals surface area contributed by atoms with Gasteiger partial charge in [0.25, 0.3) is 0 Å². The maximum absolute atomic E-state index is 12.7. The zero-order valence-corrected chi connectivity index (χ0v) is 16.6. The molecule has 1 aromatic carbocycles. The summed E-state index contributed by atoms with van der Waals surface area (Å²) in [5, 5.41) is 0. The monoisotopic (exact) mass is 359 g/mol. The summed E-state index contributed by atoms with van der Waals surface area (Å²) in [5.41, 5.74) is 1.24. The number of amides is 1. The largest absolute Gasteiger partial charge is 0.371 e. The Morgan fingerprint density at radius 2 is 1.54 bits per heavy atom. The highest BCUT2D eigenvalue weighted by Gasteiger charge is 2.33. The second-order valence-corrected chi connectivity index (χ2v) is 7.63. The van der Waals surface area contributed by atoms with Crippen molar-refractivity contribution in [3.05, 3.63) is 30.3 Å². The molecule has 3 rings (SSSR count). The molecule has 1 atom stereocenters. The first-order valence-corrected chi connectivity index (χ1v) is 9.68. The van der Waals surface area contributed by atoms with Crippen LogP contribution >= 0.6 is 0 Å². The van der Waals surface area contributed by atoms with Gasteiger partial charge in [0.05, 0.1) is 5.92 Å². The van der Waals surface area contributed by atoms with Crippen molar-refractivity contribution in [1.82, 2.24) is 9.80 Å². The number of piperazine rings is 1. The van der Waals surface area contributed by atoms with Crippen molar-refractivity contribution >= 4 is 17.4 Å². The molecular weight excluding hydrogens is 326 g/mol. The van der Waals surface area contributed by atoms with Crippen LogP contribution in [0.1, 0.15) is 34.1 Å². The predicted molar refractivity (Wildman–Crippen MR) is 106 cm³/mol. The van der Waals surface area contributed by atoms with Crippen LogP contribution in [0.15, 0.2) is 30.3 Å². The number of nitrogens with zero attached hydrogens (tertiary/aromatic N) is 3. The topological polar surface area (TPSA) is 43.9 Å². The molecule has 0 saturated carbocycles. The second kappa shape index (κ2) is 9.72. The van der Waals surface area contributed by atoms with Crippen molar-refractivity contribution < 1.29 is 9.59 Å². The average molecular weight is 360 g/mol. The van der Waals surface area contributed by atoms with E-state index < -0.39 is 0 Å². The molecule has 2 heterocycles. The zero-order valence-electron chi connectivity index (χ0n) is 16.6. The molecule has 1 aromatic rings. The van der Waals surface area contributed by atoms with Gasteiger partial charge in [-0.15, -0.1) is 0 Å². The van der Waals surface area contributed by atoms with E-state index in [0.717, 1.165) is 45.7 Å². The molecule has 2 fully saturated rings. The van der Waals surface area contributed by atoms with Crippen LogP contribution in [0.3, 0.4) is 0 Å². The van der Waals surface area contributed by atoms with Gasteiger partial charge in [0.1, 0.15) is 5.78 Å². The van der Waals surface area contributed by atoms with E-state index in [2.05, 4.69) is 52.8 Å². The molecule has 2 saturated heterocycles. The minimum absolute atomic E-state index is 0.167. The van der Waals surface area contributed by atoms with Crippen molar-refractivity contribution in [2.45, 2.75) is 40.2 Å². The van der Waals surface area contributed by atoms with Gasteiger partial charge in [-0.05, 0) is 46.2 Å². The number of Topliss-reactive ketones (excluding diaryl/α,β-unsaturated/α-hetero) is 1. The lowest BCUT2D eigenvalue weighted by Crippen LogP contribution is -2.52. The first-order chi connectivity index (χ1) is 12.4. The van der Waals surface area contributed by atoms with Gasteiger partial charge in [0, 0.05) is 51.0 Å². The van der Waals surface area contributed by atoms with E-state index in [9.17, 15) is 9.59 Å². The second-order valence-electron chi connectivity index (χ2n) is 7.63. The van der Waals surface area contributed by atoms with E-state index in [1.54, 1.807) is 0 Å². The number of hydrogen-bond donors (Lipinski definition) is 0. The van der Waals surface area contributed by atoms with Crippen molar-refractivity contribution in [3.63, 3.8) is 0 Å². The Morgan fingerprint density at radius 3 is 2.08 bits per heavy atom. The van der Waals surface area contributed by atoms with Crippen molar-refractivity contribution in [2.75, 3.05) is 44.2 Å². The lowest BCUT2D eigenvalue weighted by Gasteiger charge is -2.37. The summed E-state index contributed by atoms with van der Waals surface area (Å²) in [6, 6.07) is 11.0. The molecule has 5 heteroatoms. The van der Waals surface area contributed by atoms with Crippen molar-refractivity contribution in [2.24, 2.45) is 5.92 Å². The number of carbonyl (C=O) groups excluding carboxylic acids is 2. The SMILES string of the molecule is CC(C)=O.CC(C)N1CCN(C(=O)[C@H]2CCN(c3ccccc3)C2)CC1. The maximum Gasteiger partial charge on any atom is 0.227 e. The van der Waals surface area contributed by atoms with E-state index in [0.29, 0.717) is 11.9 Å². The summed E-state index contributed by atoms with van der Waals surface area (Å²) in [7, 11) is 0. The molecule has 144 valence electrons. The van der Waals surface area contributed by atoms with Crippen LogP contribution in [-0.2, 0) is 9.59 Å². The molecule has 26 heavy (non-hydrogen) atoms. The smallest absolute Gasteiger partial charge is 0.227 e. The highest BCUT2D eigenvalue weighted by molar-refractivity contribution is 5.80. The summed E-state index contributed by atoms with van der Waals surface area (Å²) < 4.78 is 0. The Hall–Kier alpha value is -1.88. The molecule has 0 unspecified atom stereocenters. The van der Waals surface area contributed by atoms with Gasteiger partial charge >= 0.3 is 0 Å². The molecule has 0 bridgehead atoms. The molecule has 5 nitrogen and oxygen atoms in total. The predicted octanol–water partition coefficient (Wildman–Crippen LogP) is 2.66. The number of carbonyl (C=O) groups is 2. The Balaban J connectivity index is 0.000000552. The Bertz CT molecular complexity index is 576. The molecule has 0 N–H and O–H groups in total. The number of rotatable bonds is 3. The molecule has 0 spiro atoms. The highest BCUT2D eigenvalue weighted by atomic mass is 16.2. The van der Waals surface area contributed by atoms with Crippen molar-refractivity contribution in [3.8, 4) is 0 Å². The lowest BCUT2D eigenvalue weighted by molar-refractivity contribution is -0.136. The van der Waals surface area contributed by atoms with E-state index >= 15 is 0 Å². The Kier molecular flexibility index (Phi) is 7.64. The zero-order chi connectivity index (χ0) is 19.1. The molecule has 0 radical (unpaired) electrons. The fraction of sp³-hybridized carbons (Fsp3) is 0.619. The van der Waals surface area contributed by atoms with Crippen molar-refractivity contribution in [1.29, 1.82) is 0 Å². The van der Waals surface area contributed by atoms with Crippen LogP contribution in [0, 0.1) is 5.92 Å². The van der Waals surface area contributed by atoms with Gasteiger partial charge in [-0.1, -0.05) is 18.2 Å². The van der Waals surface area contributed by atoms with Gasteiger partial charge in [-0.2, -0.15) is 0 Å². The summed E-state index contributed by atoms with van der Waals surface area (Å²) >= 11 is 0. The van der Waals surface area contributed by atoms with Gasteiger partial charge in [0.15, 0.2) is 0 Å². The number of benzene rings is 1. The van der Waals surface area contributed by atoms with Crippen LogP contribution in [-0.4, -0.2) is 66.8 Å². The molecule has 2 aliphatic rings. The fourth-order valence-corrected chi connectivity index (χ4v) is 3.55. The molecule has 0 aromatic heterocycles. The van der Waals surface area contributed by atoms with E-state index in [1.807, 2.05) is 6.07 Å². The van der Waals surface area contributed by atoms with Crippen LogP contribution in [0.5, 0.6) is 0 Å². The third-order valence-corrected chi connectivity index (χ3v) is 5.02. The van der Waals surface area contributed by atoms with Crippen LogP contribution in [0.25, 0.3) is 0 Å². The Labute approximate surface area is 158 Å². The van der Waals surface area contributed by atoms with E-state index in [4.69, 9.17) is 0 Å². The van der Waals surface area contributed by atoms with Crippen LogP contribution in [0.4, 0.5) is 5.69 Å². The summed E-state index contributed by atoms with van der Waals surface area (Å²) in [6.07, 6.45) is 0.984. The third-order valence-electron chi connectivity index (χ3n) is 5.02. The molecule has 1 amide bonds. The first kappa shape index (κ1) is 20.4. The van der Waals surface area contributed by atoms with E-state index in [-0.39, 0.29) is 11.7 Å². The van der Waals surface area contributed by atoms with Gasteiger partial charge in [0.2, 0.25) is 5.91 Å². The van der Waals surface area contributed by atoms with Gasteiger partial charge in [-0.25, -0.2) is 0 Å². The van der Waals surface area contributed by atoms with E-state index in [1.165, 1.54) is 19.5 Å². The Morgan fingerprint density at radius 1 is 0.962 bits per heavy atom. The molecular formula is C21H33N3O2. The third kappa shape index (κ3) is 5.84. The van der Waals surface area contributed by atoms with Crippen LogP contribution < -0.4 is 4.90 Å². The minimum atomic E-state index is 0.167. The maximum atomic E-state index is 12.7. The van der Waals surface area contributed by atoms with Gasteiger partial charge in [-0.3, -0.25) is 9.69 Å². The number of para-hydroxylation sites is 1. The number of hydrogen-bond acceptors (Lipinski definition) is 4. The minimum Gasteiger partial charge on any atom is -0.371 e. The average Bonchev–Trinajstić information content (AvgIpc) is 3.11. The normalized spacial score (nSPS) is 20.7. The standard InChI is InChI=1S/C18H27N3O.C3H6O/c1-15(2)19-10-12-20(13-11-19)18(22)16-8-9-21(14-16)17-6-4-3-5-7-17;1-3(2)4/h3-7,15-16H,8-14H2,1-2H3;1-2H3/t16-;/m0./s1. The van der Waals surface area contributed by atoms with Gasteiger partial charge < -0.3 is 14.6 Å². The summed E-state index contributed by atoms with van der Waals surface area (Å²) in [4.78, 5) is 29.1. The number of ketones is 1. The first-order valence-electron chi connectivity index (χ1n) is 9.68. The quantitative estimate of drug-likeness (QED) is 0.832. The molecule has 2 aliphatic heterocycles. The summed E-state index contributed by atoms with van der Waals surface area (Å²) in [5.74, 6) is 0.702. The highest BCUT2D eigenvalue weighted by Crippen LogP contribution is 2.25. The molecule has 0 aliphatic carbocycles. The summed E-state index contributed by atoms with van der Waals surface area (Å²) in [6.45, 7) is 13.2. The number of anilines is 1. The fourth-order valence-electron chi connectivity index (χ4n) is 3.55. The van der Waals surface area contributed by atoms with Crippen LogP contribution in [0.2, 0.25) is 0 Å². The lowest BCUT2D eigenvalue weighted by atomic mass is 10.1.